The van der Waals surface area contributed by atoms with Gasteiger partial charge >= 0.3 is 0 Å². The van der Waals surface area contributed by atoms with Gasteiger partial charge in [-0.15, -0.1) is 0 Å². The Balaban J connectivity index is 0.000000394. The fraction of sp³-hybridized carbons (Fsp3) is 0.673. The number of phosphoric ester groups is 6. The summed E-state index contributed by atoms with van der Waals surface area (Å²) in [7, 11) is -35.3. The number of imidazole rings is 2. The highest BCUT2D eigenvalue weighted by atomic mass is 32.2. The van der Waals surface area contributed by atoms with Crippen LogP contribution in [0.2, 0.25) is 0 Å². The van der Waals surface area contributed by atoms with Gasteiger partial charge in [-0.05, 0) is 27.7 Å². The van der Waals surface area contributed by atoms with E-state index in [4.69, 9.17) is 20.9 Å². The molecule has 4 aromatic heterocycles. The van der Waals surface area contributed by atoms with Gasteiger partial charge in [-0.3, -0.25) is 61.0 Å². The quantitative estimate of drug-likeness (QED) is 0.0112. The van der Waals surface area contributed by atoms with Crippen LogP contribution in [-0.2, 0) is 118 Å². The van der Waals surface area contributed by atoms with Crippen molar-refractivity contribution >= 4 is 144 Å². The summed E-state index contributed by atoms with van der Waals surface area (Å²) < 4.78 is 122. The van der Waals surface area contributed by atoms with Gasteiger partial charge in [0.1, 0.15) is 78.3 Å². The van der Waals surface area contributed by atoms with Gasteiger partial charge in [0.15, 0.2) is 44.6 Å². The lowest BCUT2D eigenvalue weighted by atomic mass is 9.87. The molecule has 50 nitrogen and oxygen atoms in total. The summed E-state index contributed by atoms with van der Waals surface area (Å²) in [5.41, 5.74) is 3.96. The summed E-state index contributed by atoms with van der Waals surface area (Å²) in [4.78, 5) is 202. The number of nitrogens with two attached hydrogens (primary N) is 2. The molecule has 2 aliphatic rings. The third-order valence-corrected chi connectivity index (χ3v) is 23.1. The van der Waals surface area contributed by atoms with E-state index >= 15 is 0 Å². The lowest BCUT2D eigenvalue weighted by Gasteiger charge is -2.36. The van der Waals surface area contributed by atoms with Crippen LogP contribution in [-0.4, -0.2) is 223 Å². The number of nitrogens with zero attached hydrogens (tertiary/aromatic N) is 8. The van der Waals surface area contributed by atoms with E-state index in [2.05, 4.69) is 86.9 Å². The number of aliphatic hydroxyl groups excluding tert-OH is 5. The van der Waals surface area contributed by atoms with Crippen LogP contribution in [0.1, 0.15) is 81.1 Å². The molecule has 13 N–H and O–H groups in total. The zero-order valence-corrected chi connectivity index (χ0v) is 66.0. The van der Waals surface area contributed by atoms with Crippen LogP contribution in [0.15, 0.2) is 25.3 Å². The van der Waals surface area contributed by atoms with Gasteiger partial charge in [0, 0.05) is 67.8 Å². The fourth-order valence-electron chi connectivity index (χ4n) is 9.72. The van der Waals surface area contributed by atoms with Crippen LogP contribution >= 0.6 is 70.5 Å². The molecule has 2 saturated heterocycles. The van der Waals surface area contributed by atoms with Crippen LogP contribution in [0, 0.1) is 10.8 Å². The Hall–Kier alpha value is -5.25. The van der Waals surface area contributed by atoms with Gasteiger partial charge in [0.25, 0.3) is 31.3 Å². The zero-order chi connectivity index (χ0) is 83.1. The van der Waals surface area contributed by atoms with E-state index in [1.54, 1.807) is 0 Å². The number of Topliss-reactive ketones (excluding diaryl/α,β-unsaturated/α-hetero) is 1. The van der Waals surface area contributed by atoms with Crippen molar-refractivity contribution in [2.45, 2.75) is 147 Å². The molecule has 0 spiro atoms. The van der Waals surface area contributed by atoms with Gasteiger partial charge in [-0.25, -0.2) is 38.5 Å². The number of hydrogen-bond donors (Lipinski definition) is 11. The predicted molar refractivity (Wildman–Crippen MR) is 357 cm³/mol. The summed E-state index contributed by atoms with van der Waals surface area (Å²) in [6.45, 7) is 4.90. The number of rotatable bonds is 42. The molecular weight excluding hydrogens is 1650 g/mol. The number of phosphoric acid groups is 6. The Morgan fingerprint density at radius 1 is 0.573 bits per heavy atom. The highest BCUT2D eigenvalue weighted by Crippen LogP contribution is 2.58. The van der Waals surface area contributed by atoms with E-state index in [0.717, 1.165) is 58.0 Å². The number of hydrogen-bond acceptors (Lipinski definition) is 46. The number of nitrogens with one attached hydrogen (secondary N) is 4. The molecule has 58 heteroatoms. The highest BCUT2D eigenvalue weighted by molar-refractivity contribution is 8.13. The van der Waals surface area contributed by atoms with Gasteiger partial charge in [0.05, 0.1) is 67.3 Å². The number of ether oxygens (including phenoxy) is 2. The molecule has 110 heavy (non-hydrogen) atoms. The van der Waals surface area contributed by atoms with Crippen molar-refractivity contribution in [3.63, 3.8) is 0 Å². The van der Waals surface area contributed by atoms with Gasteiger partial charge in [-0.1, -0.05) is 51.2 Å². The Morgan fingerprint density at radius 3 is 1.27 bits per heavy atom. The summed E-state index contributed by atoms with van der Waals surface area (Å²) in [5.74, 6) is -3.10. The molecule has 15 unspecified atom stereocenters. The molecule has 6 heterocycles. The van der Waals surface area contributed by atoms with Gasteiger partial charge < -0.3 is 143 Å². The maximum Gasteiger partial charge on any atom is 0.274 e. The van der Waals surface area contributed by atoms with Crippen LogP contribution in [0.5, 0.6) is 0 Å². The van der Waals surface area contributed by atoms with E-state index < -0.39 is 174 Å². The first-order chi connectivity index (χ1) is 50.5. The minimum absolute atomic E-state index is 0.0288. The number of anilines is 2. The average Bonchev–Trinajstić information content (AvgIpc) is 1.59. The third-order valence-electron chi connectivity index (χ3n) is 15.3. The third kappa shape index (κ3) is 28.6. The van der Waals surface area contributed by atoms with Crippen molar-refractivity contribution in [2.24, 2.45) is 10.8 Å². The summed E-state index contributed by atoms with van der Waals surface area (Å²) in [5, 5.41) is 61.2. The van der Waals surface area contributed by atoms with E-state index in [-0.39, 0.29) is 113 Å². The summed E-state index contributed by atoms with van der Waals surface area (Å²) in [6, 6.07) is 0. The molecule has 0 aromatic carbocycles. The van der Waals surface area contributed by atoms with Gasteiger partial charge in [0.2, 0.25) is 23.6 Å². The number of aliphatic hydroxyl groups is 5. The first kappa shape index (κ1) is 95.3. The number of ketones is 1. The maximum atomic E-state index is 12.5. The summed E-state index contributed by atoms with van der Waals surface area (Å²) in [6.07, 6.45) is -13.4. The Bertz CT molecular complexity index is 4230. The lowest BCUT2D eigenvalue weighted by molar-refractivity contribution is -0.349. The number of amides is 4. The number of fused-ring (bicyclic) bond motifs is 2. The molecule has 0 radical (unpaired) electrons. The predicted octanol–water partition coefficient (Wildman–Crippen LogP) is -7.63. The minimum atomic E-state index is -5.94. The Labute approximate surface area is 631 Å². The highest BCUT2D eigenvalue weighted by Gasteiger charge is 2.57. The molecular formula is C52H78N14O36P6S2-8. The second-order valence-electron chi connectivity index (χ2n) is 25.5. The summed E-state index contributed by atoms with van der Waals surface area (Å²) >= 11 is 1.79. The lowest BCUT2D eigenvalue weighted by Crippen LogP contribution is -2.46. The Morgan fingerprint density at radius 2 is 0.927 bits per heavy atom. The average molecular weight is 1730 g/mol. The second-order valence-corrected chi connectivity index (χ2v) is 35.9. The molecule has 0 bridgehead atoms. The second kappa shape index (κ2) is 39.4. The molecule has 6 rings (SSSR count). The van der Waals surface area contributed by atoms with Crippen LogP contribution in [0.3, 0.4) is 0 Å². The number of carbonyl (C=O) groups excluding carboxylic acids is 7. The molecule has 15 atom stereocenters. The van der Waals surface area contributed by atoms with E-state index in [1.807, 2.05) is 0 Å². The van der Waals surface area contributed by atoms with Gasteiger partial charge in [-0.2, -0.15) is 0 Å². The van der Waals surface area contributed by atoms with Crippen molar-refractivity contribution in [1.82, 2.24) is 60.3 Å². The van der Waals surface area contributed by atoms with E-state index in [1.165, 1.54) is 55.4 Å². The molecule has 2 fully saturated rings. The molecule has 4 aromatic rings. The standard InChI is InChI=1S/C26H44N7O18P3S.C26H42N7O18P3S/c2*1-14(34)9-17(36)55-8-7-28-16(35)5-6-29-24(39)21(38)25(2,3)11-48-54(45,46)51-53(43,44)47-10-15-19(50-52(40,41)42)20(37)26(4,49-15)33-13-32-18-22(27)30-12-31-23(18)33/h12-15,19-21,34,37-38H,5-11H2,1-4H3,(H,28,35)(H,29,39)(H,43,44)(H,45,46)(H2,27,30,31)(H2,40,41,42);12-13,15,19-21,37-38H,5-11H2,1-4H3,(H,28,35)(H,29,39)(H,43,44)(H,45,46)(H2,27,30,31)(H2,40,41,42)/p-8. The molecule has 0 saturated carbocycles. The molecule has 0 aliphatic carbocycles. The molecule has 2 aliphatic heterocycles. The van der Waals surface area contributed by atoms with Crippen LogP contribution in [0.25, 0.3) is 22.3 Å². The monoisotopic (exact) mass is 1720 g/mol. The van der Waals surface area contributed by atoms with Crippen molar-refractivity contribution in [2.75, 3.05) is 75.6 Å². The fourth-order valence-corrected chi connectivity index (χ4v) is 16.7. The Kier molecular flexibility index (Phi) is 34.1. The molecule has 4 amide bonds. The first-order valence-electron chi connectivity index (χ1n) is 31.7. The van der Waals surface area contributed by atoms with Crippen LogP contribution in [0.4, 0.5) is 11.6 Å². The zero-order valence-electron chi connectivity index (χ0n) is 59.0. The van der Waals surface area contributed by atoms with Crippen LogP contribution < -0.4 is 71.9 Å². The van der Waals surface area contributed by atoms with Crippen molar-refractivity contribution in [3.8, 4) is 0 Å². The maximum absolute atomic E-state index is 12.5. The smallest absolute Gasteiger partial charge is 0.274 e. The van der Waals surface area contributed by atoms with Crippen molar-refractivity contribution < 1.29 is 171 Å². The normalized spacial score (nSPS) is 23.5. The topological polar surface area (TPSA) is 787 Å². The van der Waals surface area contributed by atoms with E-state index in [0.29, 0.717) is 0 Å². The van der Waals surface area contributed by atoms with Crippen molar-refractivity contribution in [1.29, 1.82) is 0 Å². The number of aromatic nitrogens is 8. The van der Waals surface area contributed by atoms with Crippen molar-refractivity contribution in [3.05, 3.63) is 25.3 Å². The largest absolute Gasteiger partial charge is 0.790 e. The first-order valence-corrected chi connectivity index (χ1v) is 42.5. The number of nitrogen functional groups attached to an aromatic ring is 2. The van der Waals surface area contributed by atoms with E-state index in [9.17, 15) is 126 Å². The SMILES string of the molecule is CC(=O)CC(=O)SCCNC(=O)CCNC(=O)C(O)C(C)(C)COP(=O)([O-])OP(=O)([O-])OCC1OC(C)(n2cnc3c(N)ncnc32)C(O)C1OP(=O)([O-])[O-].CC(O)CC(=O)SCCNC(=O)CCNC(=O)C(O)C(C)(C)COP(=O)([O-])OP(=O)([O-])OCC1OC(C)(n2cnc3c(N)ncnc32)C(O)C1OP(=O)([O-])[O-]. The number of thioether (sulfide) groups is 2. The number of carbonyl (C=O) groups is 7. The minimum Gasteiger partial charge on any atom is -0.790 e. The molecule has 622 valence electrons.